The summed E-state index contributed by atoms with van der Waals surface area (Å²) in [7, 11) is 2.57. The second kappa shape index (κ2) is 20.3. The first-order valence-electron chi connectivity index (χ1n) is 24.5. The van der Waals surface area contributed by atoms with Crippen LogP contribution in [0.3, 0.4) is 0 Å². The van der Waals surface area contributed by atoms with Gasteiger partial charge in [-0.1, -0.05) is 45.9 Å². The molecule has 1 unspecified atom stereocenters. The summed E-state index contributed by atoms with van der Waals surface area (Å²) in [6.07, 6.45) is 5.90. The van der Waals surface area contributed by atoms with Gasteiger partial charge in [0.2, 0.25) is 18.0 Å². The van der Waals surface area contributed by atoms with E-state index < -0.39 is 36.3 Å². The van der Waals surface area contributed by atoms with Crippen molar-refractivity contribution in [1.29, 1.82) is 0 Å². The predicted octanol–water partition coefficient (Wildman–Crippen LogP) is 10.8. The van der Waals surface area contributed by atoms with Gasteiger partial charge in [0.25, 0.3) is 0 Å². The second-order valence-corrected chi connectivity index (χ2v) is 22.0. The zero-order valence-electron chi connectivity index (χ0n) is 41.0. The summed E-state index contributed by atoms with van der Waals surface area (Å²) in [5.41, 5.74) is 8.23. The van der Waals surface area contributed by atoms with Gasteiger partial charge in [0, 0.05) is 63.6 Å². The predicted molar refractivity (Wildman–Crippen MR) is 286 cm³/mol. The van der Waals surface area contributed by atoms with E-state index in [1.807, 2.05) is 55.8 Å². The summed E-state index contributed by atoms with van der Waals surface area (Å²) in [6, 6.07) is 22.5. The second-order valence-electron chi connectivity index (χ2n) is 19.7. The highest BCUT2D eigenvalue weighted by Crippen LogP contribution is 2.49. The van der Waals surface area contributed by atoms with Gasteiger partial charge >= 0.3 is 12.2 Å². The highest BCUT2D eigenvalue weighted by atomic mass is 127. The number of allylic oxidation sites excluding steroid dienone is 2. The lowest BCUT2D eigenvalue weighted by molar-refractivity contribution is -0.134. The Morgan fingerprint density at radius 3 is 1.88 bits per heavy atom. The molecule has 2 fully saturated rings. The molecule has 5 atom stereocenters. The number of halogens is 2. The maximum atomic E-state index is 17.1. The Hall–Kier alpha value is -6.34. The number of fused-ring (bicyclic) bond motifs is 5. The molecular weight excluding hydrogens is 1050 g/mol. The van der Waals surface area contributed by atoms with Gasteiger partial charge in [-0.05, 0) is 143 Å². The largest absolute Gasteiger partial charge is 0.464 e. The molecule has 7 heterocycles. The Bertz CT molecular complexity index is 3120. The number of nitrogens with zero attached hydrogens (tertiary/aromatic N) is 5. The number of likely N-dealkylation sites (tertiary alicyclic amines) is 2. The van der Waals surface area contributed by atoms with Crippen LogP contribution >= 0.6 is 33.9 Å². The number of ether oxygens (including phenoxy) is 3. The zero-order chi connectivity index (χ0) is 50.5. The normalized spacial score (nSPS) is 20.1. The van der Waals surface area contributed by atoms with Crippen molar-refractivity contribution in [3.05, 3.63) is 111 Å². The van der Waals surface area contributed by atoms with Crippen LogP contribution in [0.15, 0.2) is 95.2 Å². The van der Waals surface area contributed by atoms with E-state index in [1.54, 1.807) is 23.6 Å². The Balaban J connectivity index is 0.939. The fourth-order valence-electron chi connectivity index (χ4n) is 10.8. The van der Waals surface area contributed by atoms with Gasteiger partial charge in [-0.2, -0.15) is 0 Å². The van der Waals surface area contributed by atoms with E-state index >= 15 is 4.39 Å². The van der Waals surface area contributed by atoms with Crippen LogP contribution in [0.1, 0.15) is 88.5 Å². The van der Waals surface area contributed by atoms with E-state index in [0.29, 0.717) is 48.5 Å². The quantitative estimate of drug-likeness (QED) is 0.118. The molecule has 17 heteroatoms. The topological polar surface area (TPSA) is 156 Å². The molecule has 3 aromatic carbocycles. The van der Waals surface area contributed by atoms with Crippen molar-refractivity contribution in [3.63, 3.8) is 0 Å². The van der Waals surface area contributed by atoms with E-state index in [1.165, 1.54) is 14.2 Å². The molecule has 2 saturated heterocycles. The fraction of sp³-hybridized carbons (Fsp3) is 0.382. The molecule has 0 saturated carbocycles. The molecule has 0 aliphatic carbocycles. The highest BCUT2D eigenvalue weighted by Gasteiger charge is 2.41. The smallest absolute Gasteiger partial charge is 0.407 e. The number of methoxy groups -OCH3 is 2. The molecular formula is C55H57FIN7O7S. The van der Waals surface area contributed by atoms with Crippen LogP contribution in [-0.2, 0) is 19.1 Å². The maximum Gasteiger partial charge on any atom is 0.407 e. The Kier molecular flexibility index (Phi) is 13.9. The van der Waals surface area contributed by atoms with Gasteiger partial charge in [0.15, 0.2) is 0 Å². The molecule has 2 N–H and O–H groups in total. The minimum atomic E-state index is -0.748. The Morgan fingerprint density at radius 1 is 0.736 bits per heavy atom. The van der Waals surface area contributed by atoms with Crippen LogP contribution < -0.4 is 15.4 Å². The highest BCUT2D eigenvalue weighted by molar-refractivity contribution is 14.1. The maximum absolute atomic E-state index is 17.1. The molecule has 5 aliphatic heterocycles. The zero-order valence-corrected chi connectivity index (χ0v) is 44.0. The summed E-state index contributed by atoms with van der Waals surface area (Å²) in [5, 5.41) is 6.36. The van der Waals surface area contributed by atoms with E-state index in [2.05, 4.69) is 92.4 Å². The van der Waals surface area contributed by atoms with Crippen LogP contribution in [0, 0.1) is 21.2 Å². The Labute approximate surface area is 435 Å². The number of thiophene rings is 1. The lowest BCUT2D eigenvalue weighted by Gasteiger charge is -2.31. The summed E-state index contributed by atoms with van der Waals surface area (Å²) in [5.74, 6) is -0.619. The lowest BCUT2D eigenvalue weighted by atomic mass is 9.95. The minimum Gasteiger partial charge on any atom is -0.464 e. The number of alkyl carbamates (subject to hydrolysis) is 2. The molecule has 0 radical (unpaired) electrons. The summed E-state index contributed by atoms with van der Waals surface area (Å²) >= 11 is 3.95. The van der Waals surface area contributed by atoms with Crippen LogP contribution in [0.2, 0.25) is 0 Å². The molecule has 5 aliphatic rings. The van der Waals surface area contributed by atoms with Gasteiger partial charge in [-0.25, -0.2) is 14.0 Å². The SMILES string of the molecule is COC(=O)N[C@H](C(=O)N1CCC[C@H]1C1=NC=C(c2cc(F)c3c(c2)OC(c2ccc(-c4ccc(I)cc4)s2)n2c-3cc3cc(C4=CN=C([C@@H]5CCCN5C(=O)[C@@H](NC(=O)OC)C(C)C)C4)ccc32)C1)C(C)C. The van der Waals surface area contributed by atoms with Crippen molar-refractivity contribution in [2.45, 2.75) is 96.6 Å². The number of nitrogens with one attached hydrogen (secondary N) is 2. The molecule has 374 valence electrons. The van der Waals surface area contributed by atoms with Gasteiger partial charge in [-0.3, -0.25) is 24.1 Å². The first-order valence-corrected chi connectivity index (χ1v) is 26.4. The molecule has 5 aromatic rings. The number of aliphatic imine (C=N–C) groups is 2. The van der Waals surface area contributed by atoms with Gasteiger partial charge in [0.1, 0.15) is 23.7 Å². The summed E-state index contributed by atoms with van der Waals surface area (Å²) in [4.78, 5) is 67.6. The fourth-order valence-corrected chi connectivity index (χ4v) is 12.2. The minimum absolute atomic E-state index is 0.136. The van der Waals surface area contributed by atoms with Crippen molar-refractivity contribution < 1.29 is 37.8 Å². The van der Waals surface area contributed by atoms with Crippen molar-refractivity contribution in [3.8, 4) is 27.4 Å². The third kappa shape index (κ3) is 9.33. The molecule has 14 nitrogen and oxygen atoms in total. The van der Waals surface area contributed by atoms with Gasteiger partial charge < -0.3 is 34.6 Å². The number of carbonyl (C=O) groups excluding carboxylic acids is 4. The van der Waals surface area contributed by atoms with E-state index in [4.69, 9.17) is 24.2 Å². The molecule has 4 amide bonds. The molecule has 0 bridgehead atoms. The standard InChI is InChI=1S/C55H57FIN7O7S/c1-29(2)49(60-54(67)69-5)51(65)62-19-7-9-42(62)39-23-35(27-58-39)32-13-16-41-34(21-32)25-44-48-38(56)22-33(26-45(48)71-53(64(41)44)47-18-17-46(72-47)31-11-14-37(57)15-12-31)36-24-40(59-28-36)43-10-8-20-63(43)52(66)50(30(3)4)61-55(68)70-6/h11-18,21-22,25-30,42-43,49-50,53H,7-10,19-20,23-24H2,1-6H3,(H,60,67)(H,61,68)/t42-,43-,49-,50-,53?/m0/s1. The first kappa shape index (κ1) is 49.2. The van der Waals surface area contributed by atoms with Crippen molar-refractivity contribution in [1.82, 2.24) is 25.0 Å². The number of hydrogen-bond acceptors (Lipinski definition) is 10. The van der Waals surface area contributed by atoms with Gasteiger partial charge in [0.05, 0.1) is 48.0 Å². The van der Waals surface area contributed by atoms with Crippen molar-refractivity contribution in [2.75, 3.05) is 27.3 Å². The average molecular weight is 1110 g/mol. The van der Waals surface area contributed by atoms with E-state index in [-0.39, 0.29) is 35.7 Å². The number of hydrogen-bond donors (Lipinski definition) is 2. The number of aromatic nitrogens is 1. The first-order chi connectivity index (χ1) is 34.7. The number of amides is 4. The molecule has 10 rings (SSSR count). The number of carbonyl (C=O) groups is 4. The van der Waals surface area contributed by atoms with Crippen LogP contribution in [0.5, 0.6) is 5.75 Å². The summed E-state index contributed by atoms with van der Waals surface area (Å²) < 4.78 is 37.0. The van der Waals surface area contributed by atoms with Crippen molar-refractivity contribution in [2.24, 2.45) is 21.8 Å². The third-order valence-electron chi connectivity index (χ3n) is 14.5. The number of benzene rings is 3. The lowest BCUT2D eigenvalue weighted by Crippen LogP contribution is -2.53. The molecule has 2 aromatic heterocycles. The molecule has 72 heavy (non-hydrogen) atoms. The van der Waals surface area contributed by atoms with Crippen LogP contribution in [-0.4, -0.2) is 101 Å². The molecule has 0 spiro atoms. The number of rotatable bonds is 12. The van der Waals surface area contributed by atoms with E-state index in [0.717, 1.165) is 83.6 Å². The third-order valence-corrected chi connectivity index (χ3v) is 16.4. The Morgan fingerprint density at radius 2 is 1.31 bits per heavy atom. The van der Waals surface area contributed by atoms with E-state index in [9.17, 15) is 19.2 Å². The monoisotopic (exact) mass is 1110 g/mol. The average Bonchev–Trinajstić information content (AvgIpc) is 4.24. The van der Waals surface area contributed by atoms with Gasteiger partial charge in [-0.15, -0.1) is 11.3 Å². The van der Waals surface area contributed by atoms with Crippen molar-refractivity contribution >= 4 is 91.4 Å². The van der Waals surface area contributed by atoms with Crippen LogP contribution in [0.4, 0.5) is 14.0 Å². The van der Waals surface area contributed by atoms with Crippen LogP contribution in [0.25, 0.3) is 43.7 Å². The summed E-state index contributed by atoms with van der Waals surface area (Å²) in [6.45, 7) is 8.71.